The topological polar surface area (TPSA) is 276 Å². The number of urea groups is 4. The first-order valence-electron chi connectivity index (χ1n) is 3.13. The molecule has 0 radical (unpaired) electrons. The Kier molecular flexibility index (Phi) is 58.9. The number of hydrogen-bond donors (Lipinski definition) is 8. The molecule has 12 nitrogen and oxygen atoms in total. The fraction of sp³-hybridized carbons (Fsp3) is 0. The van der Waals surface area contributed by atoms with E-state index < -0.39 is 24.1 Å². The third-order valence-corrected chi connectivity index (χ3v) is 0. The molecule has 0 aromatic rings. The van der Waals surface area contributed by atoms with Gasteiger partial charge in [0, 0.05) is 0 Å². The molecule has 0 saturated carbocycles. The summed E-state index contributed by atoms with van der Waals surface area (Å²) in [7, 11) is 0. The van der Waals surface area contributed by atoms with Crippen molar-refractivity contribution in [2.75, 3.05) is 0 Å². The van der Waals surface area contributed by atoms with Gasteiger partial charge >= 0.3 is 61.8 Å². The summed E-state index contributed by atoms with van der Waals surface area (Å²) in [5.74, 6) is 0. The van der Waals surface area contributed by atoms with Crippen LogP contribution in [0.2, 0.25) is 0 Å². The molecule has 0 aromatic carbocycles. The summed E-state index contributed by atoms with van der Waals surface area (Å²) in [4.78, 5) is 36.0. The van der Waals surface area contributed by atoms with Gasteiger partial charge in [0.1, 0.15) is 0 Å². The molecule has 0 fully saturated rings. The van der Waals surface area contributed by atoms with E-state index in [-0.39, 0.29) is 37.7 Å². The van der Waals surface area contributed by atoms with Crippen molar-refractivity contribution < 1.29 is 19.2 Å². The van der Waals surface area contributed by atoms with E-state index in [0.29, 0.717) is 0 Å². The summed E-state index contributed by atoms with van der Waals surface area (Å²) in [6.45, 7) is 0. The second-order valence-electron chi connectivity index (χ2n) is 1.61. The number of rotatable bonds is 0. The fourth-order valence-electron chi connectivity index (χ4n) is 0. The Hall–Kier alpha value is -1.73. The molecule has 18 heavy (non-hydrogen) atoms. The van der Waals surface area contributed by atoms with Crippen LogP contribution >= 0.6 is 0 Å². The maximum atomic E-state index is 9.00. The van der Waals surface area contributed by atoms with Crippen LogP contribution in [-0.4, -0.2) is 61.8 Å². The zero-order chi connectivity index (χ0) is 14.3. The molecule has 100 valence electrons. The molecule has 8 amide bonds. The second kappa shape index (κ2) is 29.5. The van der Waals surface area contributed by atoms with Crippen LogP contribution in [0.15, 0.2) is 0 Å². The molecule has 0 rings (SSSR count). The van der Waals surface area contributed by atoms with Crippen molar-refractivity contribution in [2.24, 2.45) is 45.9 Å². The Morgan fingerprint density at radius 2 is 0.389 bits per heavy atom. The summed E-state index contributed by atoms with van der Waals surface area (Å²) in [5.41, 5.74) is 34.0. The second-order valence-corrected chi connectivity index (χ2v) is 1.61. The van der Waals surface area contributed by atoms with Crippen molar-refractivity contribution in [3.63, 3.8) is 0 Å². The predicted octanol–water partition coefficient (Wildman–Crippen LogP) is -5.20. The first kappa shape index (κ1) is 36.0. The first-order valence-corrected chi connectivity index (χ1v) is 3.13. The van der Waals surface area contributed by atoms with E-state index in [4.69, 9.17) is 19.2 Å². The summed E-state index contributed by atoms with van der Waals surface area (Å²) in [6.07, 6.45) is 0. The zero-order valence-electron chi connectivity index (χ0n) is 8.25. The van der Waals surface area contributed by atoms with E-state index in [9.17, 15) is 0 Å². The van der Waals surface area contributed by atoms with Crippen LogP contribution in [0.3, 0.4) is 0 Å². The van der Waals surface area contributed by atoms with E-state index in [1.807, 2.05) is 0 Å². The van der Waals surface area contributed by atoms with Crippen LogP contribution in [-0.2, 0) is 0 Å². The van der Waals surface area contributed by atoms with Gasteiger partial charge in [0.15, 0.2) is 0 Å². The third-order valence-electron chi connectivity index (χ3n) is 0. The zero-order valence-corrected chi connectivity index (χ0v) is 8.25. The molecular weight excluding hydrogens is 238 g/mol. The van der Waals surface area contributed by atoms with Crippen LogP contribution in [0.25, 0.3) is 0 Å². The van der Waals surface area contributed by atoms with Crippen LogP contribution < -0.4 is 45.9 Å². The first-order chi connectivity index (χ1) is 6.93. The molecule has 0 aliphatic carbocycles. The Labute approximate surface area is 127 Å². The van der Waals surface area contributed by atoms with Crippen LogP contribution in [0.4, 0.5) is 19.2 Å². The summed E-state index contributed by atoms with van der Waals surface area (Å²) < 4.78 is 0. The SMILES string of the molecule is NC(N)=O.NC(N)=O.NC(N)=O.NC(N)=O.[LiH].[LiH]. The van der Waals surface area contributed by atoms with Crippen molar-refractivity contribution in [3.8, 4) is 0 Å². The van der Waals surface area contributed by atoms with Gasteiger partial charge in [-0.05, 0) is 0 Å². The maximum absolute atomic E-state index is 9.00. The van der Waals surface area contributed by atoms with Gasteiger partial charge in [-0.1, -0.05) is 0 Å². The molecule has 0 saturated heterocycles. The molecule has 0 bridgehead atoms. The quantitative estimate of drug-likeness (QED) is 0.197. The van der Waals surface area contributed by atoms with Gasteiger partial charge in [-0.3, -0.25) is 0 Å². The Bertz CT molecular complexity index is 173. The molecule has 16 N–H and O–H groups in total. The standard InChI is InChI=1S/4CH4N2O.2Li.2H/c4*2-1(3)4;;;;/h4*(H4,2,3,4);;;;. The number of primary amides is 8. The van der Waals surface area contributed by atoms with Crippen molar-refractivity contribution in [1.29, 1.82) is 0 Å². The van der Waals surface area contributed by atoms with E-state index in [1.54, 1.807) is 0 Å². The number of hydrogen-bond acceptors (Lipinski definition) is 4. The van der Waals surface area contributed by atoms with E-state index in [2.05, 4.69) is 45.9 Å². The summed E-state index contributed by atoms with van der Waals surface area (Å²) in [6, 6.07) is -3.33. The van der Waals surface area contributed by atoms with Crippen molar-refractivity contribution in [1.82, 2.24) is 0 Å². The number of amides is 8. The van der Waals surface area contributed by atoms with Crippen LogP contribution in [0.1, 0.15) is 0 Å². The number of carbonyl (C=O) groups excluding carboxylic acids is 4. The monoisotopic (exact) mass is 256 g/mol. The van der Waals surface area contributed by atoms with E-state index in [0.717, 1.165) is 0 Å². The Morgan fingerprint density at radius 3 is 0.389 bits per heavy atom. The number of carbonyl (C=O) groups is 4. The van der Waals surface area contributed by atoms with Gasteiger partial charge in [0.2, 0.25) is 0 Å². The van der Waals surface area contributed by atoms with Crippen molar-refractivity contribution in [3.05, 3.63) is 0 Å². The van der Waals surface area contributed by atoms with Gasteiger partial charge < -0.3 is 45.9 Å². The van der Waals surface area contributed by atoms with Gasteiger partial charge in [-0.15, -0.1) is 0 Å². The minimum atomic E-state index is -0.833. The molecule has 0 heterocycles. The van der Waals surface area contributed by atoms with Gasteiger partial charge in [-0.25, -0.2) is 19.2 Å². The molecule has 0 aromatic heterocycles. The predicted molar refractivity (Wildman–Crippen MR) is 69.4 cm³/mol. The Balaban J connectivity index is -0.0000000257. The molecule has 0 aliphatic rings. The molecule has 0 unspecified atom stereocenters. The molecule has 0 atom stereocenters. The fourth-order valence-corrected chi connectivity index (χ4v) is 0. The Morgan fingerprint density at radius 1 is 0.389 bits per heavy atom. The summed E-state index contributed by atoms with van der Waals surface area (Å²) in [5, 5.41) is 0. The van der Waals surface area contributed by atoms with Crippen LogP contribution in [0, 0.1) is 0 Å². The molecular formula is C4H18Li2N8O4. The van der Waals surface area contributed by atoms with E-state index in [1.165, 1.54) is 0 Å². The molecule has 0 spiro atoms. The summed E-state index contributed by atoms with van der Waals surface area (Å²) >= 11 is 0. The normalized spacial score (nSPS) is 5.33. The third kappa shape index (κ3) is 845. The van der Waals surface area contributed by atoms with E-state index >= 15 is 0 Å². The average molecular weight is 256 g/mol. The van der Waals surface area contributed by atoms with Crippen molar-refractivity contribution in [2.45, 2.75) is 0 Å². The van der Waals surface area contributed by atoms with Gasteiger partial charge in [-0.2, -0.15) is 0 Å². The van der Waals surface area contributed by atoms with Crippen LogP contribution in [0.5, 0.6) is 0 Å². The van der Waals surface area contributed by atoms with Crippen molar-refractivity contribution >= 4 is 61.8 Å². The number of nitrogens with two attached hydrogens (primary N) is 8. The van der Waals surface area contributed by atoms with Gasteiger partial charge in [0.05, 0.1) is 0 Å². The van der Waals surface area contributed by atoms with Gasteiger partial charge in [0.25, 0.3) is 0 Å². The molecule has 0 aliphatic heterocycles. The minimum absolute atomic E-state index is 0. The molecule has 14 heteroatoms. The average Bonchev–Trinajstić information content (AvgIpc) is 1.76.